The van der Waals surface area contributed by atoms with Crippen LogP contribution in [0.15, 0.2) is 30.3 Å². The molecule has 1 aliphatic rings. The number of rotatable bonds is 1. The predicted octanol–water partition coefficient (Wildman–Crippen LogP) is 2.67. The van der Waals surface area contributed by atoms with Gasteiger partial charge in [0.2, 0.25) is 0 Å². The maximum Gasteiger partial charge on any atom is 0.0450 e. The van der Waals surface area contributed by atoms with Crippen molar-refractivity contribution in [2.75, 3.05) is 6.54 Å². The Labute approximate surface area is 78.9 Å². The molecule has 1 aromatic carbocycles. The average molecular weight is 179 g/mol. The Bertz CT molecular complexity index is 247. The highest BCUT2D eigenvalue weighted by molar-refractivity contribution is 7.77. The van der Waals surface area contributed by atoms with E-state index in [-0.39, 0.29) is 0 Å². The molecular weight excluding hydrogens is 166 g/mol. The first kappa shape index (κ1) is 8.14. The summed E-state index contributed by atoms with van der Waals surface area (Å²) in [5.41, 5.74) is 1.39. The molecule has 0 aliphatic carbocycles. The molecule has 1 heterocycles. The van der Waals surface area contributed by atoms with E-state index in [2.05, 4.69) is 47.5 Å². The van der Waals surface area contributed by atoms with E-state index in [1.807, 2.05) is 0 Å². The lowest BCUT2D eigenvalue weighted by Crippen LogP contribution is -2.11. The van der Waals surface area contributed by atoms with E-state index in [1.54, 1.807) is 0 Å². The summed E-state index contributed by atoms with van der Waals surface area (Å²) in [5.74, 6) is 0. The monoisotopic (exact) mass is 179 g/mol. The minimum Gasteiger partial charge on any atom is -0.246 e. The SMILES string of the molecule is SN1CCCC1c1ccccc1. The lowest BCUT2D eigenvalue weighted by molar-refractivity contribution is 0.458. The van der Waals surface area contributed by atoms with Crippen molar-refractivity contribution < 1.29 is 0 Å². The normalized spacial score (nSPS) is 24.6. The molecule has 0 spiro atoms. The van der Waals surface area contributed by atoms with Crippen LogP contribution in [0, 0.1) is 0 Å². The van der Waals surface area contributed by atoms with Crippen molar-refractivity contribution in [2.24, 2.45) is 0 Å². The Morgan fingerprint density at radius 3 is 2.58 bits per heavy atom. The van der Waals surface area contributed by atoms with E-state index in [0.29, 0.717) is 6.04 Å². The summed E-state index contributed by atoms with van der Waals surface area (Å²) >= 11 is 4.43. The van der Waals surface area contributed by atoms with Gasteiger partial charge in [-0.3, -0.25) is 0 Å². The zero-order chi connectivity index (χ0) is 8.39. The van der Waals surface area contributed by atoms with Crippen molar-refractivity contribution in [3.8, 4) is 0 Å². The smallest absolute Gasteiger partial charge is 0.0450 e. The van der Waals surface area contributed by atoms with E-state index in [4.69, 9.17) is 0 Å². The second-order valence-corrected chi connectivity index (χ2v) is 3.75. The summed E-state index contributed by atoms with van der Waals surface area (Å²) in [4.78, 5) is 0. The molecule has 2 heteroatoms. The van der Waals surface area contributed by atoms with E-state index >= 15 is 0 Å². The zero-order valence-corrected chi connectivity index (χ0v) is 7.87. The molecular formula is C10H13NS. The highest BCUT2D eigenvalue weighted by Crippen LogP contribution is 2.32. The van der Waals surface area contributed by atoms with Crippen LogP contribution in [0.1, 0.15) is 24.4 Å². The van der Waals surface area contributed by atoms with Gasteiger partial charge in [-0.15, -0.1) is 0 Å². The van der Waals surface area contributed by atoms with Gasteiger partial charge in [-0.25, -0.2) is 4.31 Å². The van der Waals surface area contributed by atoms with Gasteiger partial charge in [-0.05, 0) is 18.4 Å². The Balaban J connectivity index is 2.19. The number of hydrogen-bond acceptors (Lipinski definition) is 2. The minimum absolute atomic E-state index is 0.537. The molecule has 64 valence electrons. The standard InChI is InChI=1S/C10H13NS/c12-11-8-4-7-10(11)9-5-2-1-3-6-9/h1-3,5-6,10,12H,4,7-8H2. The molecule has 0 amide bonds. The lowest BCUT2D eigenvalue weighted by Gasteiger charge is -2.17. The third-order valence-electron chi connectivity index (χ3n) is 2.41. The van der Waals surface area contributed by atoms with Crippen LogP contribution in [0.3, 0.4) is 0 Å². The summed E-state index contributed by atoms with van der Waals surface area (Å²) < 4.78 is 2.13. The fourth-order valence-electron chi connectivity index (χ4n) is 1.77. The van der Waals surface area contributed by atoms with Crippen LogP contribution in [-0.2, 0) is 0 Å². The second-order valence-electron chi connectivity index (χ2n) is 3.23. The van der Waals surface area contributed by atoms with Crippen LogP contribution in [0.5, 0.6) is 0 Å². The molecule has 1 saturated heterocycles. The van der Waals surface area contributed by atoms with Crippen LogP contribution < -0.4 is 0 Å². The van der Waals surface area contributed by atoms with Gasteiger partial charge >= 0.3 is 0 Å². The van der Waals surface area contributed by atoms with Gasteiger partial charge < -0.3 is 0 Å². The Morgan fingerprint density at radius 1 is 1.25 bits per heavy atom. The summed E-state index contributed by atoms with van der Waals surface area (Å²) in [6.45, 7) is 1.11. The molecule has 1 fully saturated rings. The highest BCUT2D eigenvalue weighted by Gasteiger charge is 2.22. The van der Waals surface area contributed by atoms with Gasteiger partial charge in [-0.2, -0.15) is 0 Å². The van der Waals surface area contributed by atoms with Gasteiger partial charge in [0, 0.05) is 12.6 Å². The number of hydrogen-bond donors (Lipinski definition) is 1. The molecule has 12 heavy (non-hydrogen) atoms. The third kappa shape index (κ3) is 1.50. The lowest BCUT2D eigenvalue weighted by atomic mass is 10.1. The molecule has 2 rings (SSSR count). The Morgan fingerprint density at radius 2 is 2.00 bits per heavy atom. The maximum absolute atomic E-state index is 4.43. The number of benzene rings is 1. The molecule has 0 N–H and O–H groups in total. The molecule has 1 aliphatic heterocycles. The van der Waals surface area contributed by atoms with Crippen molar-refractivity contribution in [2.45, 2.75) is 18.9 Å². The molecule has 0 saturated carbocycles. The number of nitrogens with zero attached hydrogens (tertiary/aromatic N) is 1. The van der Waals surface area contributed by atoms with Crippen molar-refractivity contribution in [3.63, 3.8) is 0 Å². The molecule has 0 radical (unpaired) electrons. The van der Waals surface area contributed by atoms with Gasteiger partial charge in [-0.1, -0.05) is 43.1 Å². The molecule has 1 aromatic rings. The van der Waals surface area contributed by atoms with Crippen LogP contribution in [0.2, 0.25) is 0 Å². The van der Waals surface area contributed by atoms with E-state index in [1.165, 1.54) is 18.4 Å². The quantitative estimate of drug-likeness (QED) is 0.649. The predicted molar refractivity (Wildman–Crippen MR) is 54.1 cm³/mol. The fraction of sp³-hybridized carbons (Fsp3) is 0.400. The van der Waals surface area contributed by atoms with Crippen molar-refractivity contribution in [1.29, 1.82) is 0 Å². The molecule has 0 aromatic heterocycles. The Hall–Kier alpha value is -0.470. The first-order valence-corrected chi connectivity index (χ1v) is 4.78. The summed E-state index contributed by atoms with van der Waals surface area (Å²) in [7, 11) is 0. The van der Waals surface area contributed by atoms with Gasteiger partial charge in [0.15, 0.2) is 0 Å². The van der Waals surface area contributed by atoms with E-state index in [0.717, 1.165) is 6.54 Å². The largest absolute Gasteiger partial charge is 0.246 e. The average Bonchev–Trinajstić information content (AvgIpc) is 2.53. The maximum atomic E-state index is 4.43. The first-order chi connectivity index (χ1) is 5.88. The molecule has 1 atom stereocenters. The van der Waals surface area contributed by atoms with Gasteiger partial charge in [0.05, 0.1) is 0 Å². The first-order valence-electron chi connectivity index (χ1n) is 4.38. The molecule has 0 bridgehead atoms. The highest BCUT2D eigenvalue weighted by atomic mass is 32.1. The third-order valence-corrected chi connectivity index (χ3v) is 2.89. The topological polar surface area (TPSA) is 3.24 Å². The molecule has 1 unspecified atom stereocenters. The van der Waals surface area contributed by atoms with E-state index < -0.39 is 0 Å². The van der Waals surface area contributed by atoms with Crippen LogP contribution in [0.25, 0.3) is 0 Å². The van der Waals surface area contributed by atoms with Crippen molar-refractivity contribution in [3.05, 3.63) is 35.9 Å². The fourth-order valence-corrected chi connectivity index (χ4v) is 2.16. The van der Waals surface area contributed by atoms with Crippen molar-refractivity contribution in [1.82, 2.24) is 4.31 Å². The Kier molecular flexibility index (Phi) is 2.38. The van der Waals surface area contributed by atoms with Crippen molar-refractivity contribution >= 4 is 12.8 Å². The van der Waals surface area contributed by atoms with Crippen LogP contribution >= 0.6 is 12.8 Å². The van der Waals surface area contributed by atoms with Crippen LogP contribution in [-0.4, -0.2) is 10.8 Å². The number of thiol groups is 1. The summed E-state index contributed by atoms with van der Waals surface area (Å²) in [5, 5.41) is 0. The summed E-state index contributed by atoms with van der Waals surface area (Å²) in [6.07, 6.45) is 2.51. The molecule has 1 nitrogen and oxygen atoms in total. The minimum atomic E-state index is 0.537. The van der Waals surface area contributed by atoms with E-state index in [9.17, 15) is 0 Å². The van der Waals surface area contributed by atoms with Gasteiger partial charge in [0.25, 0.3) is 0 Å². The van der Waals surface area contributed by atoms with Crippen LogP contribution in [0.4, 0.5) is 0 Å². The zero-order valence-electron chi connectivity index (χ0n) is 6.98. The summed E-state index contributed by atoms with van der Waals surface area (Å²) in [6, 6.07) is 11.1. The van der Waals surface area contributed by atoms with Gasteiger partial charge in [0.1, 0.15) is 0 Å². The second kappa shape index (κ2) is 3.50.